The van der Waals surface area contributed by atoms with Gasteiger partial charge in [-0.3, -0.25) is 14.6 Å². The number of benzene rings is 2. The zero-order chi connectivity index (χ0) is 22.8. The Morgan fingerprint density at radius 1 is 1.06 bits per heavy atom. The van der Waals surface area contributed by atoms with E-state index in [1.165, 1.54) is 35.5 Å². The molecule has 0 unspecified atom stereocenters. The average molecular weight is 483 g/mol. The van der Waals surface area contributed by atoms with Gasteiger partial charge in [0, 0.05) is 22.0 Å². The van der Waals surface area contributed by atoms with Crippen molar-refractivity contribution in [3.8, 4) is 0 Å². The Morgan fingerprint density at radius 3 is 2.25 bits per heavy atom. The monoisotopic (exact) mass is 482 g/mol. The van der Waals surface area contributed by atoms with Gasteiger partial charge in [-0.25, -0.2) is 0 Å². The number of nitrogens with zero attached hydrogens (tertiary/aromatic N) is 2. The summed E-state index contributed by atoms with van der Waals surface area (Å²) in [7, 11) is 0. The summed E-state index contributed by atoms with van der Waals surface area (Å²) in [6.45, 7) is 0. The Bertz CT molecular complexity index is 1120. The molecule has 5 rings (SSSR count). The predicted octanol–water partition coefficient (Wildman–Crippen LogP) is 4.88. The molecule has 166 valence electrons. The van der Waals surface area contributed by atoms with Gasteiger partial charge in [-0.05, 0) is 42.0 Å². The van der Waals surface area contributed by atoms with Crippen molar-refractivity contribution in [1.82, 2.24) is 4.90 Å². The molecule has 0 aromatic heterocycles. The minimum atomic E-state index is -4.91. The quantitative estimate of drug-likeness (QED) is 0.462. The molecule has 2 fully saturated rings. The van der Waals surface area contributed by atoms with Crippen LogP contribution in [0.1, 0.15) is 28.4 Å². The molecule has 3 aliphatic rings. The molecular formula is C22H15Cl2F3N2O3. The lowest BCUT2D eigenvalue weighted by molar-refractivity contribution is -0.223. The van der Waals surface area contributed by atoms with Crippen LogP contribution in [0.5, 0.6) is 0 Å². The van der Waals surface area contributed by atoms with E-state index < -0.39 is 54.0 Å². The number of carbonyl (C=O) groups excluding carboxylic acids is 2. The largest absolute Gasteiger partial charge is 0.457 e. The third-order valence-corrected chi connectivity index (χ3v) is 6.94. The van der Waals surface area contributed by atoms with Crippen LogP contribution in [0.15, 0.2) is 53.5 Å². The standard InChI is InChI=1S/C22H15Cl2F3N2O3/c23-13-5-1-11(2-6-13)16-18-19-21(20(31)32-18,22(25,26)27)9-15(29(19)10-28-16)17(30)12-3-7-14(24)8-4-12/h1-8,10,15-16,18-19H,9H2/t15-,16-,18-,19+,21-/m1/s1. The molecule has 0 aliphatic carbocycles. The summed E-state index contributed by atoms with van der Waals surface area (Å²) in [6, 6.07) is 8.86. The zero-order valence-corrected chi connectivity index (χ0v) is 17.7. The van der Waals surface area contributed by atoms with Crippen molar-refractivity contribution in [1.29, 1.82) is 0 Å². The van der Waals surface area contributed by atoms with Crippen molar-refractivity contribution < 1.29 is 27.5 Å². The highest BCUT2D eigenvalue weighted by atomic mass is 35.5. The van der Waals surface area contributed by atoms with Gasteiger partial charge in [0.05, 0.1) is 18.4 Å². The molecule has 0 spiro atoms. The maximum atomic E-state index is 14.4. The Kier molecular flexibility index (Phi) is 4.80. The maximum absolute atomic E-state index is 14.4. The van der Waals surface area contributed by atoms with E-state index in [0.717, 1.165) is 0 Å². The molecule has 10 heteroatoms. The van der Waals surface area contributed by atoms with E-state index >= 15 is 0 Å². The van der Waals surface area contributed by atoms with Crippen LogP contribution in [-0.4, -0.2) is 47.4 Å². The van der Waals surface area contributed by atoms with Gasteiger partial charge in [-0.15, -0.1) is 0 Å². The van der Waals surface area contributed by atoms with E-state index in [1.807, 2.05) is 0 Å². The lowest BCUT2D eigenvalue weighted by Gasteiger charge is -2.38. The molecule has 2 saturated heterocycles. The number of halogens is 5. The van der Waals surface area contributed by atoms with Gasteiger partial charge in [0.2, 0.25) is 0 Å². The first-order chi connectivity index (χ1) is 15.1. The summed E-state index contributed by atoms with van der Waals surface area (Å²) < 4.78 is 48.6. The number of carbonyl (C=O) groups is 2. The smallest absolute Gasteiger partial charge is 0.407 e. The SMILES string of the molecule is O=C(c1ccc(Cl)cc1)[C@H]1C[C@]2(C(F)(F)F)C(=O)O[C@@H]3[C@@H](c4ccc(Cl)cc4)N=CN1[C@@H]32. The van der Waals surface area contributed by atoms with Crippen LogP contribution in [0.2, 0.25) is 10.0 Å². The minimum Gasteiger partial charge on any atom is -0.457 e. The molecule has 3 heterocycles. The number of hydrogen-bond donors (Lipinski definition) is 0. The fourth-order valence-electron chi connectivity index (χ4n) is 4.92. The second kappa shape index (κ2) is 7.22. The van der Waals surface area contributed by atoms with Crippen molar-refractivity contribution in [2.24, 2.45) is 10.4 Å². The molecule has 0 radical (unpaired) electrons. The third kappa shape index (κ3) is 2.96. The molecule has 0 saturated carbocycles. The van der Waals surface area contributed by atoms with Crippen LogP contribution in [0.25, 0.3) is 0 Å². The van der Waals surface area contributed by atoms with Crippen LogP contribution in [-0.2, 0) is 9.53 Å². The summed E-state index contributed by atoms with van der Waals surface area (Å²) in [5, 5.41) is 0.850. The van der Waals surface area contributed by atoms with E-state index in [2.05, 4.69) is 4.99 Å². The van der Waals surface area contributed by atoms with Gasteiger partial charge in [0.1, 0.15) is 12.1 Å². The minimum absolute atomic E-state index is 0.204. The van der Waals surface area contributed by atoms with Crippen LogP contribution in [0.3, 0.4) is 0 Å². The second-order valence-corrected chi connectivity index (χ2v) is 8.96. The number of rotatable bonds is 3. The number of aliphatic imine (C=N–C) groups is 1. The van der Waals surface area contributed by atoms with E-state index in [4.69, 9.17) is 27.9 Å². The van der Waals surface area contributed by atoms with Gasteiger partial charge >= 0.3 is 12.1 Å². The topological polar surface area (TPSA) is 59.0 Å². The van der Waals surface area contributed by atoms with Crippen LogP contribution in [0.4, 0.5) is 13.2 Å². The first kappa shape index (κ1) is 21.3. The highest BCUT2D eigenvalue weighted by molar-refractivity contribution is 6.30. The lowest BCUT2D eigenvalue weighted by atomic mass is 9.76. The number of ketones is 1. The molecule has 3 aliphatic heterocycles. The van der Waals surface area contributed by atoms with Crippen molar-refractivity contribution >= 4 is 41.3 Å². The summed E-state index contributed by atoms with van der Waals surface area (Å²) >= 11 is 11.8. The Morgan fingerprint density at radius 2 is 1.66 bits per heavy atom. The number of ether oxygens (including phenoxy) is 1. The molecule has 2 aromatic carbocycles. The van der Waals surface area contributed by atoms with Gasteiger partial charge in [0.15, 0.2) is 11.2 Å². The number of alkyl halides is 3. The second-order valence-electron chi connectivity index (χ2n) is 8.08. The molecule has 2 aromatic rings. The van der Waals surface area contributed by atoms with Crippen LogP contribution in [0, 0.1) is 5.41 Å². The normalized spacial score (nSPS) is 30.9. The van der Waals surface area contributed by atoms with Crippen molar-refractivity contribution in [3.63, 3.8) is 0 Å². The van der Waals surface area contributed by atoms with Crippen molar-refractivity contribution in [2.75, 3.05) is 0 Å². The van der Waals surface area contributed by atoms with Crippen molar-refractivity contribution in [2.45, 2.75) is 36.8 Å². The highest BCUT2D eigenvalue weighted by Gasteiger charge is 2.79. The lowest BCUT2D eigenvalue weighted by Crippen LogP contribution is -2.54. The summed E-state index contributed by atoms with van der Waals surface area (Å²) in [5.41, 5.74) is -2.05. The Hall–Kier alpha value is -2.58. The maximum Gasteiger partial charge on any atom is 0.407 e. The van der Waals surface area contributed by atoms with Gasteiger partial charge in [-0.1, -0.05) is 35.3 Å². The molecule has 5 nitrogen and oxygen atoms in total. The van der Waals surface area contributed by atoms with Gasteiger partial charge in [-0.2, -0.15) is 13.2 Å². The first-order valence-electron chi connectivity index (χ1n) is 9.77. The van der Waals surface area contributed by atoms with Gasteiger partial charge in [0.25, 0.3) is 0 Å². The molecule has 0 N–H and O–H groups in total. The van der Waals surface area contributed by atoms with E-state index in [9.17, 15) is 22.8 Å². The summed E-state index contributed by atoms with van der Waals surface area (Å²) in [6.07, 6.45) is -5.60. The number of esters is 1. The number of hydrogen-bond acceptors (Lipinski definition) is 5. The van der Waals surface area contributed by atoms with Gasteiger partial charge < -0.3 is 9.64 Å². The Balaban J connectivity index is 1.60. The predicted molar refractivity (Wildman–Crippen MR) is 111 cm³/mol. The highest BCUT2D eigenvalue weighted by Crippen LogP contribution is 2.60. The fraction of sp³-hybridized carbons (Fsp3) is 0.318. The molecule has 0 bridgehead atoms. The third-order valence-electron chi connectivity index (χ3n) is 6.44. The fourth-order valence-corrected chi connectivity index (χ4v) is 5.17. The molecular weight excluding hydrogens is 468 g/mol. The molecule has 32 heavy (non-hydrogen) atoms. The van der Waals surface area contributed by atoms with E-state index in [1.54, 1.807) is 24.3 Å². The summed E-state index contributed by atoms with van der Waals surface area (Å²) in [4.78, 5) is 31.6. The van der Waals surface area contributed by atoms with Crippen LogP contribution >= 0.6 is 23.2 Å². The zero-order valence-electron chi connectivity index (χ0n) is 16.2. The van der Waals surface area contributed by atoms with Crippen LogP contribution < -0.4 is 0 Å². The summed E-state index contributed by atoms with van der Waals surface area (Å²) in [5.74, 6) is -1.91. The Labute approximate surface area is 190 Å². The van der Waals surface area contributed by atoms with E-state index in [-0.39, 0.29) is 5.56 Å². The average Bonchev–Trinajstić information content (AvgIpc) is 3.26. The van der Waals surface area contributed by atoms with Crippen molar-refractivity contribution in [3.05, 3.63) is 69.7 Å². The molecule has 5 atom stereocenters. The van der Waals surface area contributed by atoms with E-state index in [0.29, 0.717) is 15.6 Å². The first-order valence-corrected chi connectivity index (χ1v) is 10.5. The number of Topliss-reactive ketones (excluding diaryl/α,β-unsaturated/α-hetero) is 1. The molecule has 0 amide bonds.